The number of fused-ring (bicyclic) bond motifs is 1. The molecule has 0 fully saturated rings. The van der Waals surface area contributed by atoms with Crippen molar-refractivity contribution in [3.8, 4) is 0 Å². The van der Waals surface area contributed by atoms with E-state index >= 15 is 0 Å². The Hall–Kier alpha value is -2.63. The van der Waals surface area contributed by atoms with Gasteiger partial charge in [0.15, 0.2) is 0 Å². The summed E-state index contributed by atoms with van der Waals surface area (Å²) in [6.45, 7) is 2.35. The van der Waals surface area contributed by atoms with Gasteiger partial charge >= 0.3 is 5.97 Å². The smallest absolute Gasteiger partial charge is 0.339 e. The Balaban J connectivity index is 2.12. The van der Waals surface area contributed by atoms with Crippen LogP contribution in [0.2, 0.25) is 0 Å². The number of carbonyl (C=O) groups is 1. The summed E-state index contributed by atoms with van der Waals surface area (Å²) >= 11 is 0. The topological polar surface area (TPSA) is 72.9 Å². The summed E-state index contributed by atoms with van der Waals surface area (Å²) in [6, 6.07) is 7.81. The molecule has 0 amide bonds. The molecule has 0 bridgehead atoms. The zero-order valence-corrected chi connectivity index (χ0v) is 11.2. The normalized spacial score (nSPS) is 11.1. The summed E-state index contributed by atoms with van der Waals surface area (Å²) in [6.07, 6.45) is 1.38. The van der Waals surface area contributed by atoms with Gasteiger partial charge in [0.1, 0.15) is 11.4 Å². The lowest BCUT2D eigenvalue weighted by molar-refractivity contribution is 0.0695. The third kappa shape index (κ3) is 1.85. The number of imidazole rings is 1. The van der Waals surface area contributed by atoms with Gasteiger partial charge in [0, 0.05) is 7.05 Å². The van der Waals surface area contributed by atoms with Crippen LogP contribution in [0.15, 0.2) is 30.5 Å². The van der Waals surface area contributed by atoms with E-state index in [4.69, 9.17) is 0 Å². The third-order valence-electron chi connectivity index (χ3n) is 3.45. The van der Waals surface area contributed by atoms with E-state index in [2.05, 4.69) is 10.1 Å². The Labute approximate surface area is 115 Å². The minimum Gasteiger partial charge on any atom is -0.478 e. The van der Waals surface area contributed by atoms with Gasteiger partial charge < -0.3 is 9.67 Å². The molecule has 2 aromatic heterocycles. The van der Waals surface area contributed by atoms with Gasteiger partial charge in [-0.3, -0.25) is 4.68 Å². The molecule has 0 spiro atoms. The number of aryl methyl sites for hydroxylation is 2. The molecule has 3 rings (SSSR count). The Morgan fingerprint density at radius 3 is 2.85 bits per heavy atom. The number of carboxylic acid groups (broad SMARTS) is 1. The molecule has 1 aromatic carbocycles. The van der Waals surface area contributed by atoms with Crippen molar-refractivity contribution in [2.24, 2.45) is 7.05 Å². The van der Waals surface area contributed by atoms with Gasteiger partial charge in [-0.25, -0.2) is 9.78 Å². The highest BCUT2D eigenvalue weighted by Crippen LogP contribution is 2.18. The summed E-state index contributed by atoms with van der Waals surface area (Å²) in [4.78, 5) is 15.7. The highest BCUT2D eigenvalue weighted by molar-refractivity contribution is 5.88. The van der Waals surface area contributed by atoms with Crippen LogP contribution < -0.4 is 0 Å². The average molecular weight is 270 g/mol. The number of carboxylic acids is 1. The maximum absolute atomic E-state index is 11.2. The number of benzene rings is 1. The maximum atomic E-state index is 11.2. The Bertz CT molecular complexity index is 801. The maximum Gasteiger partial charge on any atom is 0.339 e. The van der Waals surface area contributed by atoms with Crippen molar-refractivity contribution in [2.45, 2.75) is 13.5 Å². The van der Waals surface area contributed by atoms with E-state index in [9.17, 15) is 9.90 Å². The van der Waals surface area contributed by atoms with Crippen LogP contribution in [-0.2, 0) is 13.6 Å². The first-order valence-corrected chi connectivity index (χ1v) is 6.24. The summed E-state index contributed by atoms with van der Waals surface area (Å²) in [7, 11) is 1.75. The summed E-state index contributed by atoms with van der Waals surface area (Å²) in [5.74, 6) is -0.112. The zero-order chi connectivity index (χ0) is 14.3. The van der Waals surface area contributed by atoms with Crippen LogP contribution in [0.1, 0.15) is 21.9 Å². The van der Waals surface area contributed by atoms with Crippen molar-refractivity contribution in [1.82, 2.24) is 19.3 Å². The van der Waals surface area contributed by atoms with Crippen LogP contribution in [-0.4, -0.2) is 30.4 Å². The second kappa shape index (κ2) is 4.48. The molecular weight excluding hydrogens is 256 g/mol. The zero-order valence-electron chi connectivity index (χ0n) is 11.2. The first kappa shape index (κ1) is 12.4. The number of hydrogen-bond acceptors (Lipinski definition) is 3. The molecule has 0 unspecified atom stereocenters. The molecule has 102 valence electrons. The minimum absolute atomic E-state index is 0.227. The summed E-state index contributed by atoms with van der Waals surface area (Å²) < 4.78 is 3.59. The SMILES string of the molecule is Cc1nc2ccccc2n1Cc1c(C(=O)O)cnn1C. The molecule has 0 aliphatic heterocycles. The first-order chi connectivity index (χ1) is 9.58. The number of rotatable bonds is 3. The van der Waals surface area contributed by atoms with E-state index in [-0.39, 0.29) is 5.56 Å². The van der Waals surface area contributed by atoms with E-state index in [0.29, 0.717) is 12.2 Å². The molecule has 0 radical (unpaired) electrons. The van der Waals surface area contributed by atoms with E-state index in [0.717, 1.165) is 16.9 Å². The lowest BCUT2D eigenvalue weighted by Gasteiger charge is -2.08. The molecule has 1 N–H and O–H groups in total. The first-order valence-electron chi connectivity index (χ1n) is 6.24. The van der Waals surface area contributed by atoms with Crippen LogP contribution in [0.4, 0.5) is 0 Å². The van der Waals surface area contributed by atoms with Crippen LogP contribution in [0, 0.1) is 6.92 Å². The molecular formula is C14H14N4O2. The van der Waals surface area contributed by atoms with Crippen molar-refractivity contribution in [3.05, 3.63) is 47.5 Å². The molecule has 0 saturated carbocycles. The number of nitrogens with zero attached hydrogens (tertiary/aromatic N) is 4. The molecule has 0 aliphatic carbocycles. The molecule has 6 heteroatoms. The molecule has 0 atom stereocenters. The Morgan fingerprint density at radius 1 is 1.35 bits per heavy atom. The van der Waals surface area contributed by atoms with Crippen molar-refractivity contribution < 1.29 is 9.90 Å². The van der Waals surface area contributed by atoms with E-state index < -0.39 is 5.97 Å². The third-order valence-corrected chi connectivity index (χ3v) is 3.45. The van der Waals surface area contributed by atoms with Gasteiger partial charge in [0.2, 0.25) is 0 Å². The monoisotopic (exact) mass is 270 g/mol. The molecule has 20 heavy (non-hydrogen) atoms. The standard InChI is InChI=1S/C14H14N4O2/c1-9-16-11-5-3-4-6-12(11)18(9)8-13-10(14(19)20)7-15-17(13)2/h3-7H,8H2,1-2H3,(H,19,20). The molecule has 2 heterocycles. The minimum atomic E-state index is -0.963. The lowest BCUT2D eigenvalue weighted by atomic mass is 10.2. The molecule has 6 nitrogen and oxygen atoms in total. The highest BCUT2D eigenvalue weighted by atomic mass is 16.4. The Kier molecular flexibility index (Phi) is 2.78. The fourth-order valence-electron chi connectivity index (χ4n) is 2.37. The predicted molar refractivity (Wildman–Crippen MR) is 73.7 cm³/mol. The molecule has 0 aliphatic rings. The Morgan fingerprint density at radius 2 is 2.10 bits per heavy atom. The average Bonchev–Trinajstić information content (AvgIpc) is 2.92. The van der Waals surface area contributed by atoms with E-state index in [1.54, 1.807) is 11.7 Å². The second-order valence-corrected chi connectivity index (χ2v) is 4.67. The van der Waals surface area contributed by atoms with E-state index in [1.807, 2.05) is 35.8 Å². The lowest BCUT2D eigenvalue weighted by Crippen LogP contribution is -2.11. The predicted octanol–water partition coefficient (Wildman–Crippen LogP) is 1.82. The van der Waals surface area contributed by atoms with Crippen molar-refractivity contribution in [2.75, 3.05) is 0 Å². The molecule has 3 aromatic rings. The van der Waals surface area contributed by atoms with Crippen molar-refractivity contribution in [1.29, 1.82) is 0 Å². The van der Waals surface area contributed by atoms with Gasteiger partial charge in [0.25, 0.3) is 0 Å². The second-order valence-electron chi connectivity index (χ2n) is 4.67. The van der Waals surface area contributed by atoms with Crippen LogP contribution >= 0.6 is 0 Å². The highest BCUT2D eigenvalue weighted by Gasteiger charge is 2.17. The summed E-state index contributed by atoms with van der Waals surface area (Å²) in [5.41, 5.74) is 2.78. The van der Waals surface area contributed by atoms with Gasteiger partial charge in [-0.15, -0.1) is 0 Å². The number of aromatic nitrogens is 4. The number of para-hydroxylation sites is 2. The quantitative estimate of drug-likeness (QED) is 0.788. The van der Waals surface area contributed by atoms with Gasteiger partial charge in [0.05, 0.1) is 29.5 Å². The summed E-state index contributed by atoms with van der Waals surface area (Å²) in [5, 5.41) is 13.2. The van der Waals surface area contributed by atoms with Crippen LogP contribution in [0.25, 0.3) is 11.0 Å². The van der Waals surface area contributed by atoms with E-state index in [1.165, 1.54) is 6.20 Å². The fourth-order valence-corrected chi connectivity index (χ4v) is 2.37. The van der Waals surface area contributed by atoms with Gasteiger partial charge in [-0.2, -0.15) is 5.10 Å². The van der Waals surface area contributed by atoms with Crippen molar-refractivity contribution >= 4 is 17.0 Å². The number of aromatic carboxylic acids is 1. The largest absolute Gasteiger partial charge is 0.478 e. The fraction of sp³-hybridized carbons (Fsp3) is 0.214. The van der Waals surface area contributed by atoms with Crippen LogP contribution in [0.3, 0.4) is 0 Å². The number of hydrogen-bond donors (Lipinski definition) is 1. The van der Waals surface area contributed by atoms with Gasteiger partial charge in [-0.05, 0) is 19.1 Å². The van der Waals surface area contributed by atoms with Gasteiger partial charge in [-0.1, -0.05) is 12.1 Å². The van der Waals surface area contributed by atoms with Crippen LogP contribution in [0.5, 0.6) is 0 Å². The molecule has 0 saturated heterocycles. The van der Waals surface area contributed by atoms with Crippen molar-refractivity contribution in [3.63, 3.8) is 0 Å².